The van der Waals surface area contributed by atoms with Crippen molar-refractivity contribution in [2.45, 2.75) is 92.4 Å². The number of aromatic nitrogens is 3. The third-order valence-corrected chi connectivity index (χ3v) is 10.8. The molecule has 0 amide bonds. The monoisotopic (exact) mass is 890 g/mol. The van der Waals surface area contributed by atoms with E-state index in [9.17, 15) is 0 Å². The molecule has 3 aromatic carbocycles. The molecule has 1 fully saturated rings. The minimum absolute atomic E-state index is 0. The molecule has 0 aliphatic heterocycles. The van der Waals surface area contributed by atoms with Crippen molar-refractivity contribution in [2.75, 3.05) is 0 Å². The number of nitrogens with zero attached hydrogens (tertiary/aromatic N) is 3. The van der Waals surface area contributed by atoms with Gasteiger partial charge in [-0.15, -0.1) is 54.1 Å². The molecule has 4 heterocycles. The van der Waals surface area contributed by atoms with Gasteiger partial charge in [0.2, 0.25) is 5.71 Å². The van der Waals surface area contributed by atoms with E-state index in [1.165, 1.54) is 52.6 Å². The summed E-state index contributed by atoms with van der Waals surface area (Å²) in [5.41, 5.74) is 14.1. The van der Waals surface area contributed by atoms with E-state index in [0.717, 1.165) is 56.4 Å². The molecule has 2 unspecified atom stereocenters. The first-order chi connectivity index (χ1) is 25.6. The average molecular weight is 890 g/mol. The van der Waals surface area contributed by atoms with E-state index in [1.807, 2.05) is 49.5 Å². The fourth-order valence-electron chi connectivity index (χ4n) is 8.31. The van der Waals surface area contributed by atoms with Gasteiger partial charge >= 0.3 is 0 Å². The van der Waals surface area contributed by atoms with E-state index in [4.69, 9.17) is 14.4 Å². The van der Waals surface area contributed by atoms with Gasteiger partial charge in [-0.05, 0) is 108 Å². The molecule has 0 spiro atoms. The Labute approximate surface area is 335 Å². The smallest absolute Gasteiger partial charge is 0.216 e. The minimum Gasteiger partial charge on any atom is -0.486 e. The summed E-state index contributed by atoms with van der Waals surface area (Å²) in [5, 5.41) is 2.09. The topological polar surface area (TPSA) is 51.8 Å². The van der Waals surface area contributed by atoms with Gasteiger partial charge in [0.1, 0.15) is 0 Å². The Hall–Kier alpha value is -4.44. The maximum Gasteiger partial charge on any atom is 0.216 e. The Kier molecular flexibility index (Phi) is 12.3. The predicted molar refractivity (Wildman–Crippen MR) is 220 cm³/mol. The molecule has 0 saturated heterocycles. The zero-order valence-electron chi connectivity index (χ0n) is 32.8. The van der Waals surface area contributed by atoms with Gasteiger partial charge in [-0.3, -0.25) is 0 Å². The fraction of sp³-hybridized carbons (Fsp3) is 0.327. The van der Waals surface area contributed by atoms with Gasteiger partial charge in [0.15, 0.2) is 0 Å². The Bertz CT molecular complexity index is 2310. The van der Waals surface area contributed by atoms with Crippen LogP contribution in [0.5, 0.6) is 0 Å². The average Bonchev–Trinajstić information content (AvgIpc) is 3.53. The zero-order chi connectivity index (χ0) is 37.2. The molecule has 1 saturated carbocycles. The maximum atomic E-state index is 6.53. The molecule has 4 nitrogen and oxygen atoms in total. The van der Waals surface area contributed by atoms with Crippen LogP contribution in [0.4, 0.5) is 0 Å². The maximum absolute atomic E-state index is 6.53. The first-order valence-electron chi connectivity index (χ1n) is 19.3. The minimum atomic E-state index is 0. The van der Waals surface area contributed by atoms with E-state index in [-0.39, 0.29) is 20.1 Å². The Balaban J connectivity index is 0.000000300. The number of aryl methyl sites for hydroxylation is 2. The number of benzene rings is 3. The molecule has 279 valence electrons. The van der Waals surface area contributed by atoms with Crippen LogP contribution in [0.1, 0.15) is 106 Å². The van der Waals surface area contributed by atoms with Gasteiger partial charge in [-0.2, -0.15) is 0 Å². The molecule has 7 aromatic rings. The molecule has 1 aliphatic carbocycles. The molecule has 4 aromatic heterocycles. The fourth-order valence-corrected chi connectivity index (χ4v) is 8.31. The van der Waals surface area contributed by atoms with Crippen molar-refractivity contribution in [2.24, 2.45) is 11.8 Å². The van der Waals surface area contributed by atoms with Crippen LogP contribution < -0.4 is 0 Å². The molecule has 5 heteroatoms. The zero-order valence-corrected chi connectivity index (χ0v) is 35.2. The van der Waals surface area contributed by atoms with Crippen molar-refractivity contribution >= 4 is 22.1 Å². The van der Waals surface area contributed by atoms with Crippen LogP contribution >= 0.6 is 0 Å². The number of hydrogen-bond acceptors (Lipinski definition) is 4. The van der Waals surface area contributed by atoms with Crippen LogP contribution in [-0.4, -0.2) is 15.0 Å². The van der Waals surface area contributed by atoms with Crippen LogP contribution in [-0.2, 0) is 20.1 Å². The SMILES string of the molecule is Cc1cc(-c2[c-]ccc3c2oc2nc(-c4c(C(C)C)cccc4C(C)C)ccc23)ncc1C1CC(C)CC(C)C1.Cc1ccc(-c2[c-]cccc2)nc1.[Ir]. The summed E-state index contributed by atoms with van der Waals surface area (Å²) in [5.74, 6) is 2.94. The second-order valence-corrected chi connectivity index (χ2v) is 15.9. The first-order valence-corrected chi connectivity index (χ1v) is 19.3. The quantitative estimate of drug-likeness (QED) is 0.156. The number of rotatable bonds is 6. The normalized spacial score (nSPS) is 17.0. The van der Waals surface area contributed by atoms with Crippen molar-refractivity contribution in [1.82, 2.24) is 15.0 Å². The molecule has 1 radical (unpaired) electrons. The van der Waals surface area contributed by atoms with Crippen LogP contribution in [0.2, 0.25) is 0 Å². The second kappa shape index (κ2) is 16.9. The molecule has 0 N–H and O–H groups in total. The van der Waals surface area contributed by atoms with Gasteiger partial charge in [0.05, 0.1) is 11.3 Å². The second-order valence-electron chi connectivity index (χ2n) is 15.9. The van der Waals surface area contributed by atoms with E-state index >= 15 is 0 Å². The van der Waals surface area contributed by atoms with Crippen LogP contribution in [0, 0.1) is 37.8 Å². The van der Waals surface area contributed by atoms with Crippen LogP contribution in [0.15, 0.2) is 102 Å². The van der Waals surface area contributed by atoms with Gasteiger partial charge < -0.3 is 14.4 Å². The summed E-state index contributed by atoms with van der Waals surface area (Å²) in [6, 6.07) is 35.8. The molecule has 2 atom stereocenters. The van der Waals surface area contributed by atoms with Crippen molar-refractivity contribution in [1.29, 1.82) is 0 Å². The molecule has 0 bridgehead atoms. The van der Waals surface area contributed by atoms with Crippen molar-refractivity contribution in [3.63, 3.8) is 0 Å². The van der Waals surface area contributed by atoms with Crippen molar-refractivity contribution in [3.05, 3.63) is 137 Å². The van der Waals surface area contributed by atoms with Gasteiger partial charge in [0, 0.05) is 43.4 Å². The summed E-state index contributed by atoms with van der Waals surface area (Å²) >= 11 is 0. The molecular formula is C49H51IrN3O-2. The van der Waals surface area contributed by atoms with E-state index in [2.05, 4.69) is 120 Å². The largest absolute Gasteiger partial charge is 0.486 e. The standard InChI is InChI=1S/C37H41N2O.C12H10N.Ir/c1-21(2)27-10-8-11-28(22(3)4)35(27)33-15-14-30-29-12-9-13-31(36(29)40-37(30)39-33)34-19-25(7)32(20-38-34)26-17-23(5)16-24(6)18-26;1-10-7-8-12(13-9-10)11-5-3-2-4-6-11;/h8-12,14-15,19-24,26H,16-18H2,1-7H3;2-5,7-9H,1H3;/q2*-1;. The molecule has 1 aliphatic rings. The van der Waals surface area contributed by atoms with Gasteiger partial charge in [-0.25, -0.2) is 4.98 Å². The summed E-state index contributed by atoms with van der Waals surface area (Å²) in [6.07, 6.45) is 7.83. The van der Waals surface area contributed by atoms with Crippen molar-refractivity contribution in [3.8, 4) is 33.8 Å². The molecule has 54 heavy (non-hydrogen) atoms. The van der Waals surface area contributed by atoms with Crippen LogP contribution in [0.25, 0.3) is 55.8 Å². The van der Waals surface area contributed by atoms with Crippen molar-refractivity contribution < 1.29 is 24.5 Å². The first kappa shape index (κ1) is 39.3. The van der Waals surface area contributed by atoms with Gasteiger partial charge in [-0.1, -0.05) is 94.5 Å². The predicted octanol–water partition coefficient (Wildman–Crippen LogP) is 13.5. The summed E-state index contributed by atoms with van der Waals surface area (Å²) in [6.45, 7) is 18.0. The third-order valence-electron chi connectivity index (χ3n) is 10.8. The third kappa shape index (κ3) is 8.28. The van der Waals surface area contributed by atoms with Crippen LogP contribution in [0.3, 0.4) is 0 Å². The number of pyridine rings is 3. The van der Waals surface area contributed by atoms with E-state index in [0.29, 0.717) is 23.5 Å². The summed E-state index contributed by atoms with van der Waals surface area (Å²) in [4.78, 5) is 14.4. The summed E-state index contributed by atoms with van der Waals surface area (Å²) in [7, 11) is 0. The number of furan rings is 1. The number of fused-ring (bicyclic) bond motifs is 3. The number of hydrogen-bond donors (Lipinski definition) is 0. The summed E-state index contributed by atoms with van der Waals surface area (Å²) < 4.78 is 6.53. The Morgan fingerprint density at radius 2 is 1.39 bits per heavy atom. The Morgan fingerprint density at radius 1 is 0.685 bits per heavy atom. The van der Waals surface area contributed by atoms with E-state index in [1.54, 1.807) is 0 Å². The molecular weight excluding hydrogens is 839 g/mol. The van der Waals surface area contributed by atoms with Gasteiger partial charge in [0.25, 0.3) is 0 Å². The molecule has 8 rings (SSSR count). The Morgan fingerprint density at radius 3 is 2.02 bits per heavy atom. The van der Waals surface area contributed by atoms with E-state index < -0.39 is 0 Å².